The molecule has 0 bridgehead atoms. The molecule has 5 nitrogen and oxygen atoms in total. The summed E-state index contributed by atoms with van der Waals surface area (Å²) in [5.41, 5.74) is 4.08. The Hall–Kier alpha value is -3.57. The number of rotatable bonds is 6. The molecule has 0 fully saturated rings. The lowest BCUT2D eigenvalue weighted by atomic mass is 10.1. The molecule has 0 aliphatic rings. The van der Waals surface area contributed by atoms with Crippen LogP contribution in [0.1, 0.15) is 16.7 Å². The van der Waals surface area contributed by atoms with E-state index in [1.165, 1.54) is 4.68 Å². The van der Waals surface area contributed by atoms with Gasteiger partial charge in [0.25, 0.3) is 0 Å². The van der Waals surface area contributed by atoms with Crippen molar-refractivity contribution in [3.63, 3.8) is 0 Å². The van der Waals surface area contributed by atoms with Gasteiger partial charge in [0.1, 0.15) is 22.2 Å². The Kier molecular flexibility index (Phi) is 6.28. The number of hydrogen-bond acceptors (Lipinski definition) is 4. The fraction of sp³-hybridized carbons (Fsp3) is 0.154. The number of methoxy groups -OCH3 is 1. The van der Waals surface area contributed by atoms with Gasteiger partial charge in [-0.15, -0.1) is 0 Å². The summed E-state index contributed by atoms with van der Waals surface area (Å²) < 4.78 is 12.6. The molecule has 162 valence electrons. The van der Waals surface area contributed by atoms with Gasteiger partial charge in [-0.25, -0.2) is 4.68 Å². The van der Waals surface area contributed by atoms with Gasteiger partial charge in [0, 0.05) is 5.56 Å². The van der Waals surface area contributed by atoms with Crippen molar-refractivity contribution in [2.24, 2.45) is 0 Å². The predicted molar refractivity (Wildman–Crippen MR) is 127 cm³/mol. The summed E-state index contributed by atoms with van der Waals surface area (Å²) in [4.78, 5) is 13.3. The Labute approximate surface area is 191 Å². The van der Waals surface area contributed by atoms with Crippen LogP contribution >= 0.6 is 11.6 Å². The molecule has 0 aliphatic carbocycles. The molecule has 4 rings (SSSR count). The van der Waals surface area contributed by atoms with Crippen molar-refractivity contribution in [1.29, 1.82) is 0 Å². The van der Waals surface area contributed by atoms with E-state index in [0.29, 0.717) is 23.7 Å². The third kappa shape index (κ3) is 4.53. The summed E-state index contributed by atoms with van der Waals surface area (Å²) in [6.07, 6.45) is 0. The number of ether oxygens (including phenoxy) is 2. The highest BCUT2D eigenvalue weighted by molar-refractivity contribution is 6.34. The second-order valence-corrected chi connectivity index (χ2v) is 7.90. The van der Waals surface area contributed by atoms with Crippen LogP contribution in [0.15, 0.2) is 77.6 Å². The molecule has 0 saturated carbocycles. The van der Waals surface area contributed by atoms with Crippen molar-refractivity contribution in [2.45, 2.75) is 20.4 Å². The van der Waals surface area contributed by atoms with E-state index in [1.54, 1.807) is 31.4 Å². The number of nitrogens with zero attached hydrogens (tertiary/aromatic N) is 2. The Morgan fingerprint density at radius 2 is 1.56 bits per heavy atom. The van der Waals surface area contributed by atoms with Gasteiger partial charge in [0.15, 0.2) is 0 Å². The highest BCUT2D eigenvalue weighted by atomic mass is 35.5. The normalized spacial score (nSPS) is 10.8. The van der Waals surface area contributed by atoms with Gasteiger partial charge in [-0.3, -0.25) is 4.79 Å². The van der Waals surface area contributed by atoms with E-state index < -0.39 is 5.56 Å². The molecule has 0 radical (unpaired) electrons. The van der Waals surface area contributed by atoms with Crippen molar-refractivity contribution >= 4 is 11.6 Å². The molecule has 0 aliphatic heterocycles. The third-order valence-corrected chi connectivity index (χ3v) is 5.59. The van der Waals surface area contributed by atoms with Crippen LogP contribution in [0.5, 0.6) is 17.2 Å². The minimum Gasteiger partial charge on any atom is -0.497 e. The summed E-state index contributed by atoms with van der Waals surface area (Å²) in [5, 5.41) is 4.79. The quantitative estimate of drug-likeness (QED) is 0.363. The van der Waals surface area contributed by atoms with Crippen LogP contribution in [-0.4, -0.2) is 16.9 Å². The summed E-state index contributed by atoms with van der Waals surface area (Å²) in [7, 11) is 1.59. The van der Waals surface area contributed by atoms with Crippen molar-refractivity contribution in [3.8, 4) is 28.5 Å². The van der Waals surface area contributed by atoms with E-state index in [1.807, 2.05) is 62.4 Å². The summed E-state index contributed by atoms with van der Waals surface area (Å²) in [6, 6.07) is 22.7. The van der Waals surface area contributed by atoms with Gasteiger partial charge in [0.05, 0.1) is 13.7 Å². The number of aryl methyl sites for hydroxylation is 2. The zero-order chi connectivity index (χ0) is 22.7. The lowest BCUT2D eigenvalue weighted by Gasteiger charge is -2.15. The molecule has 1 heterocycles. The van der Waals surface area contributed by atoms with Gasteiger partial charge >= 0.3 is 5.56 Å². The fourth-order valence-electron chi connectivity index (χ4n) is 3.33. The average Bonchev–Trinajstić information content (AvgIpc) is 2.81. The summed E-state index contributed by atoms with van der Waals surface area (Å²) >= 11 is 6.68. The highest BCUT2D eigenvalue weighted by Crippen LogP contribution is 2.34. The number of aromatic nitrogens is 2. The van der Waals surface area contributed by atoms with Crippen LogP contribution in [0.4, 0.5) is 0 Å². The van der Waals surface area contributed by atoms with Gasteiger partial charge in [0.2, 0.25) is 5.75 Å². The fourth-order valence-corrected chi connectivity index (χ4v) is 3.60. The van der Waals surface area contributed by atoms with Crippen LogP contribution in [0, 0.1) is 13.8 Å². The van der Waals surface area contributed by atoms with Gasteiger partial charge in [-0.05, 0) is 49.2 Å². The molecule has 3 aromatic carbocycles. The Balaban J connectivity index is 1.84. The van der Waals surface area contributed by atoms with Crippen LogP contribution in [0.25, 0.3) is 11.3 Å². The van der Waals surface area contributed by atoms with Crippen LogP contribution in [-0.2, 0) is 6.54 Å². The zero-order valence-electron chi connectivity index (χ0n) is 18.1. The van der Waals surface area contributed by atoms with Crippen molar-refractivity contribution in [1.82, 2.24) is 9.78 Å². The van der Waals surface area contributed by atoms with Crippen LogP contribution < -0.4 is 15.0 Å². The molecule has 1 aromatic heterocycles. The Morgan fingerprint density at radius 3 is 2.22 bits per heavy atom. The van der Waals surface area contributed by atoms with Crippen LogP contribution in [0.2, 0.25) is 5.02 Å². The highest BCUT2D eigenvalue weighted by Gasteiger charge is 2.20. The molecule has 6 heteroatoms. The van der Waals surface area contributed by atoms with Gasteiger partial charge in [-0.2, -0.15) is 5.10 Å². The van der Waals surface area contributed by atoms with E-state index >= 15 is 0 Å². The maximum absolute atomic E-state index is 13.3. The maximum Gasteiger partial charge on any atom is 0.311 e. The minimum atomic E-state index is -0.398. The monoisotopic (exact) mass is 446 g/mol. The van der Waals surface area contributed by atoms with Crippen molar-refractivity contribution in [2.75, 3.05) is 7.11 Å². The smallest absolute Gasteiger partial charge is 0.311 e. The average molecular weight is 447 g/mol. The first-order chi connectivity index (χ1) is 15.5. The van der Waals surface area contributed by atoms with E-state index in [2.05, 4.69) is 5.10 Å². The first-order valence-corrected chi connectivity index (χ1v) is 10.6. The molecule has 0 N–H and O–H groups in total. The molecule has 0 atom stereocenters. The molecule has 32 heavy (non-hydrogen) atoms. The third-order valence-electron chi connectivity index (χ3n) is 5.24. The molecule has 0 unspecified atom stereocenters. The Morgan fingerprint density at radius 1 is 0.906 bits per heavy atom. The first kappa shape index (κ1) is 21.7. The molecule has 0 saturated heterocycles. The van der Waals surface area contributed by atoms with Gasteiger partial charge < -0.3 is 9.47 Å². The standard InChI is InChI=1S/C26H23ClN2O3/c1-17-8-10-19(11-9-17)24-23(27)25(32-22-14-12-21(31-3)13-15-22)26(30)29(28-24)16-20-7-5-4-6-18(20)2/h4-15H,16H2,1-3H3. The topological polar surface area (TPSA) is 53.4 Å². The van der Waals surface area contributed by atoms with Crippen molar-refractivity contribution < 1.29 is 9.47 Å². The van der Waals surface area contributed by atoms with E-state index in [9.17, 15) is 4.79 Å². The van der Waals surface area contributed by atoms with Crippen LogP contribution in [0.3, 0.4) is 0 Å². The number of hydrogen-bond donors (Lipinski definition) is 0. The second-order valence-electron chi connectivity index (χ2n) is 7.52. The minimum absolute atomic E-state index is 0.0380. The van der Waals surface area contributed by atoms with E-state index in [0.717, 1.165) is 22.3 Å². The molecular formula is C26H23ClN2O3. The Bertz CT molecular complexity index is 1300. The van der Waals surface area contributed by atoms with E-state index in [-0.39, 0.29) is 10.8 Å². The lowest BCUT2D eigenvalue weighted by Crippen LogP contribution is -2.26. The molecule has 0 amide bonds. The number of halogens is 1. The zero-order valence-corrected chi connectivity index (χ0v) is 18.9. The predicted octanol–water partition coefficient (Wildman–Crippen LogP) is 6.03. The number of benzene rings is 3. The SMILES string of the molecule is COc1ccc(Oc2c(Cl)c(-c3ccc(C)cc3)nn(Cc3ccccc3C)c2=O)cc1. The van der Waals surface area contributed by atoms with Gasteiger partial charge in [-0.1, -0.05) is 65.7 Å². The first-order valence-electron chi connectivity index (χ1n) is 10.2. The van der Waals surface area contributed by atoms with Crippen molar-refractivity contribution in [3.05, 3.63) is 105 Å². The second kappa shape index (κ2) is 9.28. The maximum atomic E-state index is 13.3. The lowest BCUT2D eigenvalue weighted by molar-refractivity contribution is 0.412. The molecule has 4 aromatic rings. The molecule has 0 spiro atoms. The molecular weight excluding hydrogens is 424 g/mol. The largest absolute Gasteiger partial charge is 0.497 e. The summed E-state index contributed by atoms with van der Waals surface area (Å²) in [5.74, 6) is 1.21. The summed E-state index contributed by atoms with van der Waals surface area (Å²) in [6.45, 7) is 4.32. The van der Waals surface area contributed by atoms with E-state index in [4.69, 9.17) is 21.1 Å².